The molecule has 0 saturated heterocycles. The second-order valence-electron chi connectivity index (χ2n) is 4.47. The Morgan fingerprint density at radius 3 is 2.32 bits per heavy atom. The minimum absolute atomic E-state index is 0.277. The number of benzene rings is 2. The van der Waals surface area contributed by atoms with Crippen molar-refractivity contribution in [1.82, 2.24) is 0 Å². The van der Waals surface area contributed by atoms with Crippen LogP contribution in [-0.4, -0.2) is 25.5 Å². The lowest BCUT2D eigenvalue weighted by Gasteiger charge is -2.04. The van der Waals surface area contributed by atoms with Crippen LogP contribution in [-0.2, 0) is 9.53 Å². The maximum atomic E-state index is 11.6. The van der Waals surface area contributed by atoms with E-state index in [1.807, 2.05) is 42.5 Å². The summed E-state index contributed by atoms with van der Waals surface area (Å²) in [5, 5.41) is 0. The van der Waals surface area contributed by atoms with Crippen LogP contribution in [0.25, 0.3) is 6.08 Å². The average molecular weight is 296 g/mol. The summed E-state index contributed by atoms with van der Waals surface area (Å²) >= 11 is 0. The molecule has 0 amide bonds. The highest BCUT2D eigenvalue weighted by atomic mass is 16.5. The molecule has 0 radical (unpaired) electrons. The van der Waals surface area contributed by atoms with Gasteiger partial charge in [-0.3, -0.25) is 4.79 Å². The van der Waals surface area contributed by atoms with E-state index in [0.717, 1.165) is 5.56 Å². The van der Waals surface area contributed by atoms with Crippen LogP contribution in [0.1, 0.15) is 15.9 Å². The molecule has 22 heavy (non-hydrogen) atoms. The smallest absolute Gasteiger partial charge is 0.379 e. The molecular formula is C18H16O4. The van der Waals surface area contributed by atoms with Gasteiger partial charge in [0, 0.05) is 5.56 Å². The van der Waals surface area contributed by atoms with Crippen LogP contribution in [0.15, 0.2) is 60.7 Å². The highest BCUT2D eigenvalue weighted by Crippen LogP contribution is 2.13. The Bertz CT molecular complexity index is 657. The summed E-state index contributed by atoms with van der Waals surface area (Å²) in [6, 6.07) is 16.3. The maximum absolute atomic E-state index is 11.6. The Morgan fingerprint density at radius 1 is 1.00 bits per heavy atom. The SMILES string of the molecule is COC(=O)C(=O)c1ccc(OCC=Cc2ccccc2)cc1. The number of ketones is 1. The normalized spacial score (nSPS) is 10.4. The van der Waals surface area contributed by atoms with Gasteiger partial charge in [-0.25, -0.2) is 4.79 Å². The molecule has 0 N–H and O–H groups in total. The van der Waals surface area contributed by atoms with Gasteiger partial charge in [0.05, 0.1) is 7.11 Å². The quantitative estimate of drug-likeness (QED) is 0.467. The van der Waals surface area contributed by atoms with Crippen LogP contribution >= 0.6 is 0 Å². The topological polar surface area (TPSA) is 52.6 Å². The number of methoxy groups -OCH3 is 1. The highest BCUT2D eigenvalue weighted by molar-refractivity contribution is 6.40. The predicted molar refractivity (Wildman–Crippen MR) is 83.8 cm³/mol. The minimum atomic E-state index is -0.875. The number of esters is 1. The van der Waals surface area contributed by atoms with Gasteiger partial charge in [-0.05, 0) is 35.9 Å². The summed E-state index contributed by atoms with van der Waals surface area (Å²) in [6.07, 6.45) is 3.87. The molecule has 2 aromatic rings. The maximum Gasteiger partial charge on any atom is 0.379 e. The van der Waals surface area contributed by atoms with E-state index >= 15 is 0 Å². The second-order valence-corrected chi connectivity index (χ2v) is 4.47. The van der Waals surface area contributed by atoms with Crippen molar-refractivity contribution in [3.05, 3.63) is 71.8 Å². The standard InChI is InChI=1S/C18H16O4/c1-21-18(20)17(19)15-9-11-16(12-10-15)22-13-5-8-14-6-3-2-4-7-14/h2-12H,13H2,1H3. The van der Waals surface area contributed by atoms with Gasteiger partial charge >= 0.3 is 5.97 Å². The lowest BCUT2D eigenvalue weighted by Crippen LogP contribution is -2.15. The summed E-state index contributed by atoms with van der Waals surface area (Å²) in [6.45, 7) is 0.416. The van der Waals surface area contributed by atoms with Crippen LogP contribution in [0, 0.1) is 0 Å². The zero-order valence-corrected chi connectivity index (χ0v) is 12.2. The Morgan fingerprint density at radius 2 is 1.68 bits per heavy atom. The van der Waals surface area contributed by atoms with E-state index in [1.165, 1.54) is 19.2 Å². The zero-order valence-electron chi connectivity index (χ0n) is 12.2. The first-order valence-electron chi connectivity index (χ1n) is 6.78. The molecule has 0 spiro atoms. The first-order chi connectivity index (χ1) is 10.7. The number of hydrogen-bond donors (Lipinski definition) is 0. The monoisotopic (exact) mass is 296 g/mol. The molecule has 0 saturated carbocycles. The van der Waals surface area contributed by atoms with E-state index in [-0.39, 0.29) is 5.56 Å². The summed E-state index contributed by atoms with van der Waals surface area (Å²) in [5.74, 6) is -0.920. The van der Waals surface area contributed by atoms with E-state index in [0.29, 0.717) is 12.4 Å². The average Bonchev–Trinajstić information content (AvgIpc) is 2.59. The molecule has 2 aromatic carbocycles. The van der Waals surface area contributed by atoms with Gasteiger partial charge < -0.3 is 9.47 Å². The van der Waals surface area contributed by atoms with Gasteiger partial charge in [0.15, 0.2) is 0 Å². The molecule has 0 atom stereocenters. The fraction of sp³-hybridized carbons (Fsp3) is 0.111. The molecule has 0 fully saturated rings. The number of carbonyl (C=O) groups excluding carboxylic acids is 2. The molecule has 4 heteroatoms. The molecular weight excluding hydrogens is 280 g/mol. The summed E-state index contributed by atoms with van der Waals surface area (Å²) in [7, 11) is 1.18. The van der Waals surface area contributed by atoms with Crippen molar-refractivity contribution in [1.29, 1.82) is 0 Å². The number of hydrogen-bond acceptors (Lipinski definition) is 4. The van der Waals surface area contributed by atoms with Crippen molar-refractivity contribution in [2.75, 3.05) is 13.7 Å². The molecule has 4 nitrogen and oxygen atoms in total. The van der Waals surface area contributed by atoms with Crippen molar-refractivity contribution in [2.24, 2.45) is 0 Å². The Kier molecular flexibility index (Phi) is 5.49. The molecule has 0 aliphatic heterocycles. The summed E-state index contributed by atoms with van der Waals surface area (Å²) in [5.41, 5.74) is 1.38. The molecule has 0 aliphatic rings. The first kappa shape index (κ1) is 15.5. The van der Waals surface area contributed by atoms with Crippen molar-refractivity contribution in [2.45, 2.75) is 0 Å². The molecule has 0 unspecified atom stereocenters. The van der Waals surface area contributed by atoms with E-state index in [2.05, 4.69) is 4.74 Å². The van der Waals surface area contributed by atoms with Crippen LogP contribution < -0.4 is 4.74 Å². The number of Topliss-reactive ketones (excluding diaryl/α,β-unsaturated/α-hetero) is 1. The van der Waals surface area contributed by atoms with Gasteiger partial charge in [-0.15, -0.1) is 0 Å². The number of ether oxygens (including phenoxy) is 2. The lowest BCUT2D eigenvalue weighted by molar-refractivity contribution is -0.135. The van der Waals surface area contributed by atoms with Gasteiger partial charge in [-0.2, -0.15) is 0 Å². The zero-order chi connectivity index (χ0) is 15.8. The van der Waals surface area contributed by atoms with Crippen LogP contribution in [0.3, 0.4) is 0 Å². The van der Waals surface area contributed by atoms with Gasteiger partial charge in [0.25, 0.3) is 5.78 Å². The predicted octanol–water partition coefficient (Wildman–Crippen LogP) is 3.13. The highest BCUT2D eigenvalue weighted by Gasteiger charge is 2.15. The van der Waals surface area contributed by atoms with E-state index in [1.54, 1.807) is 12.1 Å². The third kappa shape index (κ3) is 4.31. The second kappa shape index (κ2) is 7.78. The molecule has 0 heterocycles. The van der Waals surface area contributed by atoms with Crippen LogP contribution in [0.2, 0.25) is 0 Å². The van der Waals surface area contributed by atoms with Crippen LogP contribution in [0.5, 0.6) is 5.75 Å². The third-order valence-corrected chi connectivity index (χ3v) is 2.94. The van der Waals surface area contributed by atoms with Crippen molar-refractivity contribution >= 4 is 17.8 Å². The molecule has 0 bridgehead atoms. The molecule has 2 rings (SSSR count). The molecule has 112 valence electrons. The Balaban J connectivity index is 1.88. The van der Waals surface area contributed by atoms with Crippen molar-refractivity contribution < 1.29 is 19.1 Å². The third-order valence-electron chi connectivity index (χ3n) is 2.94. The first-order valence-corrected chi connectivity index (χ1v) is 6.78. The molecule has 0 aliphatic carbocycles. The number of rotatable bonds is 6. The summed E-state index contributed by atoms with van der Waals surface area (Å²) < 4.78 is 9.92. The fourth-order valence-electron chi connectivity index (χ4n) is 1.81. The largest absolute Gasteiger partial charge is 0.490 e. The van der Waals surface area contributed by atoms with Gasteiger partial charge in [-0.1, -0.05) is 36.4 Å². The van der Waals surface area contributed by atoms with Crippen molar-refractivity contribution in [3.8, 4) is 5.75 Å². The van der Waals surface area contributed by atoms with E-state index < -0.39 is 11.8 Å². The summed E-state index contributed by atoms with van der Waals surface area (Å²) in [4.78, 5) is 22.7. The Hall–Kier alpha value is -2.88. The van der Waals surface area contributed by atoms with Crippen LogP contribution in [0.4, 0.5) is 0 Å². The van der Waals surface area contributed by atoms with E-state index in [9.17, 15) is 9.59 Å². The Labute approximate surface area is 129 Å². The lowest BCUT2D eigenvalue weighted by atomic mass is 10.1. The van der Waals surface area contributed by atoms with Gasteiger partial charge in [0.1, 0.15) is 12.4 Å². The van der Waals surface area contributed by atoms with E-state index in [4.69, 9.17) is 4.74 Å². The van der Waals surface area contributed by atoms with Crippen molar-refractivity contribution in [3.63, 3.8) is 0 Å². The number of carbonyl (C=O) groups is 2. The molecule has 0 aromatic heterocycles. The van der Waals surface area contributed by atoms with Gasteiger partial charge in [0.2, 0.25) is 0 Å². The minimum Gasteiger partial charge on any atom is -0.490 e. The fourth-order valence-corrected chi connectivity index (χ4v) is 1.81.